The number of guanidine groups is 1. The zero-order valence-electron chi connectivity index (χ0n) is 13.0. The summed E-state index contributed by atoms with van der Waals surface area (Å²) in [7, 11) is 5.54. The molecule has 20 heavy (non-hydrogen) atoms. The monoisotopic (exact) mass is 296 g/mol. The number of nitrogens with zero attached hydrogens (tertiary/aromatic N) is 2. The van der Waals surface area contributed by atoms with E-state index in [9.17, 15) is 13.2 Å². The van der Waals surface area contributed by atoms with Crippen molar-refractivity contribution in [2.75, 3.05) is 34.2 Å². The molecule has 0 saturated carbocycles. The SMILES string of the molecule is CN=C(NCCC(F)(F)F)NCC(CC(C)C)N(C)C. The van der Waals surface area contributed by atoms with Crippen LogP contribution in [0.15, 0.2) is 4.99 Å². The average Bonchev–Trinajstić information content (AvgIpc) is 2.29. The quantitative estimate of drug-likeness (QED) is 0.558. The van der Waals surface area contributed by atoms with E-state index in [2.05, 4.69) is 34.4 Å². The third-order valence-electron chi connectivity index (χ3n) is 2.90. The summed E-state index contributed by atoms with van der Waals surface area (Å²) >= 11 is 0. The van der Waals surface area contributed by atoms with Crippen molar-refractivity contribution in [3.63, 3.8) is 0 Å². The first kappa shape index (κ1) is 19.0. The number of likely N-dealkylation sites (N-methyl/N-ethyl adjacent to an activating group) is 1. The Morgan fingerprint density at radius 1 is 1.20 bits per heavy atom. The highest BCUT2D eigenvalue weighted by molar-refractivity contribution is 5.79. The van der Waals surface area contributed by atoms with E-state index in [1.807, 2.05) is 14.1 Å². The molecular weight excluding hydrogens is 269 g/mol. The fourth-order valence-corrected chi connectivity index (χ4v) is 1.78. The normalized spacial score (nSPS) is 14.8. The van der Waals surface area contributed by atoms with Gasteiger partial charge in [-0.05, 0) is 26.4 Å². The Hall–Kier alpha value is -0.980. The minimum absolute atomic E-state index is 0.167. The molecule has 0 rings (SSSR count). The average molecular weight is 296 g/mol. The van der Waals surface area contributed by atoms with E-state index in [4.69, 9.17) is 0 Å². The molecule has 0 aromatic heterocycles. The predicted molar refractivity (Wildman–Crippen MR) is 77.0 cm³/mol. The van der Waals surface area contributed by atoms with Crippen molar-refractivity contribution in [1.29, 1.82) is 0 Å². The number of aliphatic imine (C=N–C) groups is 1. The maximum atomic E-state index is 12.1. The van der Waals surface area contributed by atoms with Gasteiger partial charge in [0.1, 0.15) is 0 Å². The van der Waals surface area contributed by atoms with Gasteiger partial charge < -0.3 is 15.5 Å². The number of hydrogen-bond donors (Lipinski definition) is 2. The Kier molecular flexibility index (Phi) is 8.60. The number of hydrogen-bond acceptors (Lipinski definition) is 2. The summed E-state index contributed by atoms with van der Waals surface area (Å²) in [5.41, 5.74) is 0. The van der Waals surface area contributed by atoms with Gasteiger partial charge in [-0.15, -0.1) is 0 Å². The Morgan fingerprint density at radius 2 is 1.80 bits per heavy atom. The molecule has 0 fully saturated rings. The van der Waals surface area contributed by atoms with Gasteiger partial charge in [0.15, 0.2) is 5.96 Å². The second-order valence-corrected chi connectivity index (χ2v) is 5.49. The van der Waals surface area contributed by atoms with Gasteiger partial charge in [0, 0.05) is 26.2 Å². The standard InChI is InChI=1S/C13H27F3N4/c1-10(2)8-11(20(4)5)9-19-12(17-3)18-7-6-13(14,15)16/h10-11H,6-9H2,1-5H3,(H2,17,18,19). The highest BCUT2D eigenvalue weighted by atomic mass is 19.4. The molecule has 0 spiro atoms. The van der Waals surface area contributed by atoms with E-state index in [0.717, 1.165) is 6.42 Å². The van der Waals surface area contributed by atoms with Crippen LogP contribution in [-0.2, 0) is 0 Å². The maximum Gasteiger partial charge on any atom is 0.390 e. The topological polar surface area (TPSA) is 39.7 Å². The summed E-state index contributed by atoms with van der Waals surface area (Å²) in [5, 5.41) is 5.75. The van der Waals surface area contributed by atoms with E-state index in [-0.39, 0.29) is 6.54 Å². The van der Waals surface area contributed by atoms with Crippen LogP contribution in [0.2, 0.25) is 0 Å². The molecule has 0 amide bonds. The van der Waals surface area contributed by atoms with Crippen molar-refractivity contribution in [2.24, 2.45) is 10.9 Å². The molecule has 0 heterocycles. The lowest BCUT2D eigenvalue weighted by molar-refractivity contribution is -0.132. The molecule has 4 nitrogen and oxygen atoms in total. The van der Waals surface area contributed by atoms with Crippen molar-refractivity contribution in [3.05, 3.63) is 0 Å². The third-order valence-corrected chi connectivity index (χ3v) is 2.90. The summed E-state index contributed by atoms with van der Waals surface area (Å²) in [6.07, 6.45) is -3.99. The molecule has 0 aliphatic carbocycles. The van der Waals surface area contributed by atoms with Crippen molar-refractivity contribution in [1.82, 2.24) is 15.5 Å². The smallest absolute Gasteiger partial charge is 0.356 e. The van der Waals surface area contributed by atoms with Crippen LogP contribution in [0.1, 0.15) is 26.7 Å². The number of halogens is 3. The first-order valence-electron chi connectivity index (χ1n) is 6.83. The van der Waals surface area contributed by atoms with Gasteiger partial charge in [-0.3, -0.25) is 4.99 Å². The van der Waals surface area contributed by atoms with Crippen LogP contribution in [0.4, 0.5) is 13.2 Å². The van der Waals surface area contributed by atoms with Gasteiger partial charge in [-0.25, -0.2) is 0 Å². The molecule has 7 heteroatoms. The highest BCUT2D eigenvalue weighted by Crippen LogP contribution is 2.18. The summed E-state index contributed by atoms with van der Waals surface area (Å²) in [6.45, 7) is 4.77. The minimum atomic E-state index is -4.14. The van der Waals surface area contributed by atoms with Crippen molar-refractivity contribution >= 4 is 5.96 Å². The molecule has 0 aliphatic rings. The fraction of sp³-hybridized carbons (Fsp3) is 0.923. The van der Waals surface area contributed by atoms with Crippen LogP contribution >= 0.6 is 0 Å². The third kappa shape index (κ3) is 9.89. The van der Waals surface area contributed by atoms with E-state index in [0.29, 0.717) is 24.5 Å². The lowest BCUT2D eigenvalue weighted by Gasteiger charge is -2.27. The van der Waals surface area contributed by atoms with Gasteiger partial charge in [0.05, 0.1) is 6.42 Å². The summed E-state index contributed by atoms with van der Waals surface area (Å²) in [5.74, 6) is 0.967. The van der Waals surface area contributed by atoms with Crippen LogP contribution in [0, 0.1) is 5.92 Å². The highest BCUT2D eigenvalue weighted by Gasteiger charge is 2.26. The van der Waals surface area contributed by atoms with Gasteiger partial charge >= 0.3 is 6.18 Å². The Morgan fingerprint density at radius 3 is 2.20 bits per heavy atom. The second kappa shape index (κ2) is 9.05. The van der Waals surface area contributed by atoms with E-state index >= 15 is 0 Å². The molecule has 0 aromatic carbocycles. The molecule has 120 valence electrons. The zero-order chi connectivity index (χ0) is 15.8. The molecule has 0 aliphatic heterocycles. The van der Waals surface area contributed by atoms with Gasteiger partial charge in [0.2, 0.25) is 0 Å². The molecule has 0 saturated heterocycles. The van der Waals surface area contributed by atoms with E-state index < -0.39 is 12.6 Å². The first-order chi connectivity index (χ1) is 9.15. The number of nitrogens with one attached hydrogen (secondary N) is 2. The first-order valence-corrected chi connectivity index (χ1v) is 6.83. The number of alkyl halides is 3. The maximum absolute atomic E-state index is 12.1. The van der Waals surface area contributed by atoms with E-state index in [1.54, 1.807) is 7.05 Å². The van der Waals surface area contributed by atoms with E-state index in [1.165, 1.54) is 0 Å². The van der Waals surface area contributed by atoms with Gasteiger partial charge in [-0.1, -0.05) is 13.8 Å². The molecule has 0 radical (unpaired) electrons. The van der Waals surface area contributed by atoms with Crippen molar-refractivity contribution < 1.29 is 13.2 Å². The van der Waals surface area contributed by atoms with Crippen LogP contribution in [0.25, 0.3) is 0 Å². The Balaban J connectivity index is 4.16. The Bertz CT molecular complexity index is 288. The predicted octanol–water partition coefficient (Wildman–Crippen LogP) is 2.08. The number of rotatable bonds is 7. The zero-order valence-corrected chi connectivity index (χ0v) is 13.0. The summed E-state index contributed by atoms with van der Waals surface area (Å²) in [6, 6.07) is 0.316. The molecule has 1 unspecified atom stereocenters. The van der Waals surface area contributed by atoms with Gasteiger partial charge in [-0.2, -0.15) is 13.2 Å². The van der Waals surface area contributed by atoms with Crippen LogP contribution < -0.4 is 10.6 Å². The lowest BCUT2D eigenvalue weighted by atomic mass is 10.0. The molecule has 1 atom stereocenters. The molecule has 2 N–H and O–H groups in total. The van der Waals surface area contributed by atoms with Gasteiger partial charge in [0.25, 0.3) is 0 Å². The van der Waals surface area contributed by atoms with Crippen LogP contribution in [0.5, 0.6) is 0 Å². The lowest BCUT2D eigenvalue weighted by Crippen LogP contribution is -2.46. The Labute approximate surface area is 119 Å². The largest absolute Gasteiger partial charge is 0.390 e. The van der Waals surface area contributed by atoms with Crippen molar-refractivity contribution in [3.8, 4) is 0 Å². The molecular formula is C13H27F3N4. The molecule has 0 bridgehead atoms. The molecule has 0 aromatic rings. The summed E-state index contributed by atoms with van der Waals surface area (Å²) < 4.78 is 36.2. The fourth-order valence-electron chi connectivity index (χ4n) is 1.78. The van der Waals surface area contributed by atoms with Crippen molar-refractivity contribution in [2.45, 2.75) is 38.9 Å². The second-order valence-electron chi connectivity index (χ2n) is 5.49. The minimum Gasteiger partial charge on any atom is -0.356 e. The van der Waals surface area contributed by atoms with Crippen LogP contribution in [0.3, 0.4) is 0 Å². The van der Waals surface area contributed by atoms with Crippen LogP contribution in [-0.4, -0.2) is 57.3 Å². The summed E-state index contributed by atoms with van der Waals surface area (Å²) in [4.78, 5) is 6.03.